The molecule has 0 heterocycles. The summed E-state index contributed by atoms with van der Waals surface area (Å²) in [5, 5.41) is 0. The van der Waals surface area contributed by atoms with Crippen LogP contribution in [-0.2, 0) is 11.2 Å². The zero-order valence-electron chi connectivity index (χ0n) is 10.7. The van der Waals surface area contributed by atoms with Gasteiger partial charge < -0.3 is 9.53 Å². The molecule has 0 aliphatic carbocycles. The summed E-state index contributed by atoms with van der Waals surface area (Å²) in [7, 11) is 1.56. The zero-order valence-corrected chi connectivity index (χ0v) is 10.7. The first-order valence-electron chi connectivity index (χ1n) is 6.08. The molecule has 0 aromatic heterocycles. The first kappa shape index (κ1) is 13.3. The third kappa shape index (κ3) is 2.99. The molecule has 2 aromatic carbocycles. The molecule has 3 heteroatoms. The standard InChI is InChI=1S/C16H15FO2/c1-19-16-9-5-3-7-14(16)13(11-18)10-12-6-2-4-8-15(12)17/h2-9,11,13H,10H2,1H3. The van der Waals surface area contributed by atoms with Gasteiger partial charge in [0.2, 0.25) is 0 Å². The minimum atomic E-state index is -0.409. The molecule has 0 fully saturated rings. The molecule has 0 spiro atoms. The minimum Gasteiger partial charge on any atom is -0.496 e. The number of benzene rings is 2. The molecular weight excluding hydrogens is 243 g/mol. The van der Waals surface area contributed by atoms with Gasteiger partial charge in [-0.2, -0.15) is 0 Å². The SMILES string of the molecule is COc1ccccc1C(C=O)Cc1ccccc1F. The van der Waals surface area contributed by atoms with Crippen molar-refractivity contribution in [3.05, 3.63) is 65.5 Å². The molecule has 98 valence electrons. The number of hydrogen-bond donors (Lipinski definition) is 0. The van der Waals surface area contributed by atoms with Crippen LogP contribution >= 0.6 is 0 Å². The second-order valence-corrected chi connectivity index (χ2v) is 4.28. The van der Waals surface area contributed by atoms with Gasteiger partial charge in [0, 0.05) is 11.5 Å². The van der Waals surface area contributed by atoms with Crippen molar-refractivity contribution in [1.82, 2.24) is 0 Å². The average Bonchev–Trinajstić information content (AvgIpc) is 2.46. The van der Waals surface area contributed by atoms with Gasteiger partial charge in [-0.15, -0.1) is 0 Å². The van der Waals surface area contributed by atoms with Crippen molar-refractivity contribution in [3.8, 4) is 5.75 Å². The van der Waals surface area contributed by atoms with E-state index in [2.05, 4.69) is 0 Å². The van der Waals surface area contributed by atoms with E-state index >= 15 is 0 Å². The molecule has 0 bridgehead atoms. The second-order valence-electron chi connectivity index (χ2n) is 4.28. The smallest absolute Gasteiger partial charge is 0.127 e. The van der Waals surface area contributed by atoms with E-state index < -0.39 is 5.92 Å². The van der Waals surface area contributed by atoms with Crippen molar-refractivity contribution in [3.63, 3.8) is 0 Å². The molecule has 0 aliphatic rings. The fourth-order valence-corrected chi connectivity index (χ4v) is 2.10. The van der Waals surface area contributed by atoms with Crippen LogP contribution in [0.15, 0.2) is 48.5 Å². The van der Waals surface area contributed by atoms with E-state index in [1.165, 1.54) is 6.07 Å². The normalized spacial score (nSPS) is 11.9. The van der Waals surface area contributed by atoms with Crippen LogP contribution in [0.2, 0.25) is 0 Å². The molecule has 0 amide bonds. The summed E-state index contributed by atoms with van der Waals surface area (Å²) >= 11 is 0. The van der Waals surface area contributed by atoms with Crippen molar-refractivity contribution >= 4 is 6.29 Å². The monoisotopic (exact) mass is 258 g/mol. The van der Waals surface area contributed by atoms with Gasteiger partial charge in [-0.3, -0.25) is 0 Å². The Kier molecular flexibility index (Phi) is 4.29. The maximum absolute atomic E-state index is 13.6. The van der Waals surface area contributed by atoms with Crippen LogP contribution in [0.5, 0.6) is 5.75 Å². The highest BCUT2D eigenvalue weighted by atomic mass is 19.1. The number of rotatable bonds is 5. The van der Waals surface area contributed by atoms with E-state index in [4.69, 9.17) is 4.74 Å². The molecule has 0 radical (unpaired) electrons. The van der Waals surface area contributed by atoms with Crippen LogP contribution in [0.25, 0.3) is 0 Å². The lowest BCUT2D eigenvalue weighted by atomic mass is 9.92. The highest BCUT2D eigenvalue weighted by Gasteiger charge is 2.17. The van der Waals surface area contributed by atoms with Crippen LogP contribution in [0, 0.1) is 5.82 Å². The predicted molar refractivity (Wildman–Crippen MR) is 71.9 cm³/mol. The van der Waals surface area contributed by atoms with Crippen LogP contribution in [0.1, 0.15) is 17.0 Å². The van der Waals surface area contributed by atoms with Crippen LogP contribution in [-0.4, -0.2) is 13.4 Å². The lowest BCUT2D eigenvalue weighted by Gasteiger charge is -2.14. The summed E-state index contributed by atoms with van der Waals surface area (Å²) in [6, 6.07) is 13.8. The maximum atomic E-state index is 13.6. The largest absolute Gasteiger partial charge is 0.496 e. The molecule has 2 rings (SSSR count). The summed E-state index contributed by atoms with van der Waals surface area (Å²) in [6.45, 7) is 0. The molecule has 19 heavy (non-hydrogen) atoms. The average molecular weight is 258 g/mol. The molecular formula is C16H15FO2. The summed E-state index contributed by atoms with van der Waals surface area (Å²) < 4.78 is 18.9. The van der Waals surface area contributed by atoms with E-state index in [1.807, 2.05) is 18.2 Å². The summed E-state index contributed by atoms with van der Waals surface area (Å²) in [4.78, 5) is 11.3. The predicted octanol–water partition coefficient (Wildman–Crippen LogP) is 3.36. The number of carbonyl (C=O) groups excluding carboxylic acids is 1. The van der Waals surface area contributed by atoms with Gasteiger partial charge in [0.15, 0.2) is 0 Å². The lowest BCUT2D eigenvalue weighted by Crippen LogP contribution is -2.07. The third-order valence-electron chi connectivity index (χ3n) is 3.10. The highest BCUT2D eigenvalue weighted by Crippen LogP contribution is 2.28. The number of halogens is 1. The van der Waals surface area contributed by atoms with E-state index in [1.54, 1.807) is 31.4 Å². The number of hydrogen-bond acceptors (Lipinski definition) is 2. The molecule has 2 nitrogen and oxygen atoms in total. The molecule has 1 unspecified atom stereocenters. The first-order chi connectivity index (χ1) is 9.26. The molecule has 2 aromatic rings. The van der Waals surface area contributed by atoms with Crippen molar-refractivity contribution in [2.75, 3.05) is 7.11 Å². The minimum absolute atomic E-state index is 0.288. The van der Waals surface area contributed by atoms with Crippen LogP contribution in [0.4, 0.5) is 4.39 Å². The Morgan fingerprint density at radius 2 is 1.84 bits per heavy atom. The van der Waals surface area contributed by atoms with Gasteiger partial charge >= 0.3 is 0 Å². The molecule has 0 saturated heterocycles. The zero-order chi connectivity index (χ0) is 13.7. The maximum Gasteiger partial charge on any atom is 0.127 e. The topological polar surface area (TPSA) is 26.3 Å². The van der Waals surface area contributed by atoms with Crippen LogP contribution < -0.4 is 4.74 Å². The van der Waals surface area contributed by atoms with Crippen molar-refractivity contribution < 1.29 is 13.9 Å². The van der Waals surface area contributed by atoms with E-state index in [0.29, 0.717) is 17.7 Å². The highest BCUT2D eigenvalue weighted by molar-refractivity contribution is 5.65. The number of para-hydroxylation sites is 1. The number of ether oxygens (including phenoxy) is 1. The molecule has 0 saturated carbocycles. The van der Waals surface area contributed by atoms with Crippen molar-refractivity contribution in [2.45, 2.75) is 12.3 Å². The fraction of sp³-hybridized carbons (Fsp3) is 0.188. The Morgan fingerprint density at radius 1 is 1.16 bits per heavy atom. The molecule has 0 N–H and O–H groups in total. The van der Waals surface area contributed by atoms with Gasteiger partial charge in [-0.1, -0.05) is 36.4 Å². The van der Waals surface area contributed by atoms with Gasteiger partial charge in [-0.25, -0.2) is 4.39 Å². The summed E-state index contributed by atoms with van der Waals surface area (Å²) in [5.41, 5.74) is 1.31. The quantitative estimate of drug-likeness (QED) is 0.769. The summed E-state index contributed by atoms with van der Waals surface area (Å²) in [6.07, 6.45) is 1.17. The van der Waals surface area contributed by atoms with E-state index in [-0.39, 0.29) is 5.82 Å². The third-order valence-corrected chi connectivity index (χ3v) is 3.10. The first-order valence-corrected chi connectivity index (χ1v) is 6.08. The van der Waals surface area contributed by atoms with Crippen LogP contribution in [0.3, 0.4) is 0 Å². The summed E-state index contributed by atoms with van der Waals surface area (Å²) in [5.74, 6) is -0.0479. The second kappa shape index (κ2) is 6.14. The van der Waals surface area contributed by atoms with Gasteiger partial charge in [-0.05, 0) is 24.1 Å². The Hall–Kier alpha value is -2.16. The molecule has 1 atom stereocenters. The van der Waals surface area contributed by atoms with Crippen molar-refractivity contribution in [2.24, 2.45) is 0 Å². The Bertz CT molecular complexity index is 566. The number of methoxy groups -OCH3 is 1. The molecule has 0 aliphatic heterocycles. The van der Waals surface area contributed by atoms with Crippen molar-refractivity contribution in [1.29, 1.82) is 0 Å². The Balaban J connectivity index is 2.31. The Morgan fingerprint density at radius 3 is 2.53 bits per heavy atom. The number of carbonyl (C=O) groups is 1. The number of aldehydes is 1. The lowest BCUT2D eigenvalue weighted by molar-refractivity contribution is -0.109. The Labute approximate surface area is 111 Å². The fourth-order valence-electron chi connectivity index (χ4n) is 2.10. The van der Waals surface area contributed by atoms with Gasteiger partial charge in [0.1, 0.15) is 17.9 Å². The van der Waals surface area contributed by atoms with E-state index in [9.17, 15) is 9.18 Å². The van der Waals surface area contributed by atoms with Gasteiger partial charge in [0.05, 0.1) is 7.11 Å². The van der Waals surface area contributed by atoms with E-state index in [0.717, 1.165) is 11.8 Å². The van der Waals surface area contributed by atoms with Gasteiger partial charge in [0.25, 0.3) is 0 Å².